The number of hydrogen-bond acceptors (Lipinski definition) is 4. The third-order valence-electron chi connectivity index (χ3n) is 5.93. The zero-order valence-electron chi connectivity index (χ0n) is 16.4. The summed E-state index contributed by atoms with van der Waals surface area (Å²) in [4.78, 5) is 30.0. The molecule has 4 rings (SSSR count). The summed E-state index contributed by atoms with van der Waals surface area (Å²) in [5.74, 6) is -0.401. The summed E-state index contributed by atoms with van der Waals surface area (Å²) < 4.78 is 15.0. The van der Waals surface area contributed by atoms with E-state index in [9.17, 15) is 14.0 Å². The summed E-state index contributed by atoms with van der Waals surface area (Å²) in [7, 11) is 0. The lowest BCUT2D eigenvalue weighted by Gasteiger charge is -2.40. The van der Waals surface area contributed by atoms with Gasteiger partial charge in [0.2, 0.25) is 0 Å². The van der Waals surface area contributed by atoms with Gasteiger partial charge in [-0.3, -0.25) is 14.3 Å². The Balaban J connectivity index is 1.48. The van der Waals surface area contributed by atoms with Crippen LogP contribution in [0, 0.1) is 5.82 Å². The minimum atomic E-state index is -0.662. The molecule has 2 aliphatic heterocycles. The molecular formula is C21H26FN5O2. The molecule has 3 heterocycles. The number of nitrogens with one attached hydrogen (secondary N) is 1. The second-order valence-corrected chi connectivity index (χ2v) is 7.68. The Morgan fingerprint density at radius 1 is 1.00 bits per heavy atom. The summed E-state index contributed by atoms with van der Waals surface area (Å²) in [5, 5.41) is 7.71. The molecule has 154 valence electrons. The van der Waals surface area contributed by atoms with Crippen molar-refractivity contribution >= 4 is 11.8 Å². The van der Waals surface area contributed by atoms with E-state index >= 15 is 0 Å². The first-order valence-corrected chi connectivity index (χ1v) is 10.2. The zero-order chi connectivity index (χ0) is 20.3. The molecule has 1 aromatic carbocycles. The van der Waals surface area contributed by atoms with Gasteiger partial charge in [0.05, 0.1) is 0 Å². The van der Waals surface area contributed by atoms with Gasteiger partial charge in [-0.15, -0.1) is 0 Å². The van der Waals surface area contributed by atoms with Crippen LogP contribution < -0.4 is 5.32 Å². The number of halogens is 1. The summed E-state index contributed by atoms with van der Waals surface area (Å²) in [5.41, 5.74) is -0.192. The summed E-state index contributed by atoms with van der Waals surface area (Å²) >= 11 is 0. The maximum absolute atomic E-state index is 13.6. The van der Waals surface area contributed by atoms with E-state index in [1.807, 2.05) is 21.8 Å². The molecule has 2 fully saturated rings. The fourth-order valence-corrected chi connectivity index (χ4v) is 4.30. The Morgan fingerprint density at radius 2 is 1.69 bits per heavy atom. The number of piperidine rings is 1. The molecule has 2 aliphatic rings. The average molecular weight is 399 g/mol. The number of amides is 2. The number of carbonyl (C=O) groups excluding carboxylic acids is 2. The fraction of sp³-hybridized carbons (Fsp3) is 0.476. The zero-order valence-corrected chi connectivity index (χ0v) is 16.4. The maximum atomic E-state index is 13.6. The second kappa shape index (κ2) is 8.32. The van der Waals surface area contributed by atoms with E-state index in [-0.39, 0.29) is 17.6 Å². The third-order valence-corrected chi connectivity index (χ3v) is 5.93. The molecule has 1 N–H and O–H groups in total. The van der Waals surface area contributed by atoms with Gasteiger partial charge in [-0.2, -0.15) is 5.10 Å². The van der Waals surface area contributed by atoms with Crippen LogP contribution in [0.25, 0.3) is 0 Å². The molecule has 0 aliphatic carbocycles. The quantitative estimate of drug-likeness (QED) is 0.849. The van der Waals surface area contributed by atoms with Crippen LogP contribution in [0.2, 0.25) is 0 Å². The van der Waals surface area contributed by atoms with E-state index in [1.165, 1.54) is 24.3 Å². The van der Waals surface area contributed by atoms with Crippen molar-refractivity contribution in [1.29, 1.82) is 0 Å². The van der Waals surface area contributed by atoms with Crippen LogP contribution in [0.1, 0.15) is 29.6 Å². The molecule has 2 saturated heterocycles. The lowest BCUT2D eigenvalue weighted by atomic mass is 9.86. The molecular weight excluding hydrogens is 373 g/mol. The van der Waals surface area contributed by atoms with Crippen LogP contribution in [0.3, 0.4) is 0 Å². The number of carbonyl (C=O) groups is 2. The maximum Gasteiger partial charge on any atom is 0.253 e. The van der Waals surface area contributed by atoms with Crippen molar-refractivity contribution in [1.82, 2.24) is 24.9 Å². The molecule has 29 heavy (non-hydrogen) atoms. The molecule has 2 aromatic rings. The molecule has 1 aromatic heterocycles. The van der Waals surface area contributed by atoms with Gasteiger partial charge in [-0.1, -0.05) is 0 Å². The summed E-state index contributed by atoms with van der Waals surface area (Å²) in [6, 6.07) is 7.46. The molecule has 0 radical (unpaired) electrons. The molecule has 2 amide bonds. The van der Waals surface area contributed by atoms with Crippen LogP contribution in [-0.4, -0.2) is 70.7 Å². The van der Waals surface area contributed by atoms with E-state index in [4.69, 9.17) is 0 Å². The van der Waals surface area contributed by atoms with E-state index in [0.29, 0.717) is 51.0 Å². The van der Waals surface area contributed by atoms with Crippen molar-refractivity contribution in [2.24, 2.45) is 0 Å². The number of rotatable bonds is 3. The Hall–Kier alpha value is -2.74. The molecule has 8 heteroatoms. The molecule has 0 saturated carbocycles. The number of aromatic nitrogens is 2. The monoisotopic (exact) mass is 399 g/mol. The normalized spacial score (nSPS) is 19.6. The van der Waals surface area contributed by atoms with Crippen LogP contribution in [0.5, 0.6) is 0 Å². The highest BCUT2D eigenvalue weighted by atomic mass is 19.1. The summed E-state index contributed by atoms with van der Waals surface area (Å²) in [6.07, 6.45) is 5.69. The lowest BCUT2D eigenvalue weighted by molar-refractivity contribution is -0.143. The molecule has 7 nitrogen and oxygen atoms in total. The first kappa shape index (κ1) is 19.6. The van der Waals surface area contributed by atoms with Crippen molar-refractivity contribution < 1.29 is 14.0 Å². The van der Waals surface area contributed by atoms with Crippen molar-refractivity contribution in [3.05, 3.63) is 54.1 Å². The van der Waals surface area contributed by atoms with Crippen molar-refractivity contribution in [2.45, 2.75) is 24.8 Å². The SMILES string of the molecule is O=C(c1ccc(F)cc1)N1CCCN(C(=O)C2(n3cccn3)CCNCC2)CC1. The average Bonchev–Trinajstić information content (AvgIpc) is 3.19. The van der Waals surface area contributed by atoms with E-state index in [0.717, 1.165) is 13.1 Å². The van der Waals surface area contributed by atoms with Gasteiger partial charge in [-0.05, 0) is 62.7 Å². The molecule has 0 spiro atoms. The van der Waals surface area contributed by atoms with Crippen LogP contribution in [-0.2, 0) is 10.3 Å². The van der Waals surface area contributed by atoms with E-state index in [2.05, 4.69) is 10.4 Å². The first-order chi connectivity index (χ1) is 14.1. The number of benzene rings is 1. The Bertz CT molecular complexity index is 846. The minimum Gasteiger partial charge on any atom is -0.339 e. The van der Waals surface area contributed by atoms with Crippen LogP contribution in [0.4, 0.5) is 4.39 Å². The highest BCUT2D eigenvalue weighted by molar-refractivity contribution is 5.94. The standard InChI is InChI=1S/C21H26FN5O2/c22-18-5-3-17(4-6-18)19(28)25-12-2-13-26(16-15-25)20(29)21(7-10-23-11-8-21)27-14-1-9-24-27/h1,3-6,9,14,23H,2,7-8,10-13,15-16H2. The fourth-order valence-electron chi connectivity index (χ4n) is 4.30. The minimum absolute atomic E-state index is 0.0822. The highest BCUT2D eigenvalue weighted by Crippen LogP contribution is 2.30. The molecule has 0 bridgehead atoms. The smallest absolute Gasteiger partial charge is 0.253 e. The van der Waals surface area contributed by atoms with Gasteiger partial charge in [0, 0.05) is 44.1 Å². The van der Waals surface area contributed by atoms with Gasteiger partial charge in [-0.25, -0.2) is 4.39 Å². The Labute approximate surface area is 169 Å². The van der Waals surface area contributed by atoms with Gasteiger partial charge >= 0.3 is 0 Å². The predicted molar refractivity (Wildman–Crippen MR) is 106 cm³/mol. The Kier molecular flexibility index (Phi) is 5.62. The Morgan fingerprint density at radius 3 is 2.38 bits per heavy atom. The molecule has 0 atom stereocenters. The van der Waals surface area contributed by atoms with Gasteiger partial charge in [0.25, 0.3) is 11.8 Å². The predicted octanol–water partition coefficient (Wildman–Crippen LogP) is 1.48. The highest BCUT2D eigenvalue weighted by Gasteiger charge is 2.44. The number of nitrogens with zero attached hydrogens (tertiary/aromatic N) is 4. The van der Waals surface area contributed by atoms with Gasteiger partial charge in [0.15, 0.2) is 0 Å². The van der Waals surface area contributed by atoms with Crippen molar-refractivity contribution in [2.75, 3.05) is 39.3 Å². The van der Waals surface area contributed by atoms with Crippen molar-refractivity contribution in [3.63, 3.8) is 0 Å². The molecule has 0 unspecified atom stereocenters. The van der Waals surface area contributed by atoms with E-state index in [1.54, 1.807) is 11.1 Å². The topological polar surface area (TPSA) is 70.5 Å². The van der Waals surface area contributed by atoms with Crippen LogP contribution >= 0.6 is 0 Å². The van der Waals surface area contributed by atoms with Gasteiger partial charge in [0.1, 0.15) is 11.4 Å². The van der Waals surface area contributed by atoms with E-state index < -0.39 is 5.54 Å². The van der Waals surface area contributed by atoms with Gasteiger partial charge < -0.3 is 15.1 Å². The lowest BCUT2D eigenvalue weighted by Crippen LogP contribution is -2.56. The number of hydrogen-bond donors (Lipinski definition) is 1. The first-order valence-electron chi connectivity index (χ1n) is 10.2. The van der Waals surface area contributed by atoms with Crippen molar-refractivity contribution in [3.8, 4) is 0 Å². The second-order valence-electron chi connectivity index (χ2n) is 7.68. The largest absolute Gasteiger partial charge is 0.339 e. The van der Waals surface area contributed by atoms with Crippen LogP contribution in [0.15, 0.2) is 42.7 Å². The third kappa shape index (κ3) is 3.89. The summed E-state index contributed by atoms with van der Waals surface area (Å²) in [6.45, 7) is 3.69.